The fourth-order valence-corrected chi connectivity index (χ4v) is 2.50. The molecule has 26 heavy (non-hydrogen) atoms. The number of H-pyrrole nitrogens is 1. The third-order valence-electron chi connectivity index (χ3n) is 3.77. The minimum atomic E-state index is -0.426. The van der Waals surface area contributed by atoms with Crippen LogP contribution in [0, 0.1) is 12.7 Å². The zero-order valence-corrected chi connectivity index (χ0v) is 14.2. The predicted octanol–water partition coefficient (Wildman–Crippen LogP) is 2.16. The standard InChI is InChI=1S/C18H16FN5O2/c1-11(21-22-17(25)13-4-3-9-20-10-13)16-12(2)23-24(18(16)26)15-7-5-14(19)6-8-15/h3-10,23H,1-2H3,(H,22,25)/b21-11+. The molecular formula is C18H16FN5O2. The summed E-state index contributed by atoms with van der Waals surface area (Å²) < 4.78 is 14.4. The smallest absolute Gasteiger partial charge is 0.280 e. The minimum absolute atomic E-state index is 0.334. The molecule has 0 atom stereocenters. The lowest BCUT2D eigenvalue weighted by molar-refractivity contribution is 0.0954. The summed E-state index contributed by atoms with van der Waals surface area (Å²) >= 11 is 0. The quantitative estimate of drug-likeness (QED) is 0.556. The van der Waals surface area contributed by atoms with E-state index in [0.717, 1.165) is 0 Å². The molecule has 0 aliphatic rings. The fourth-order valence-electron chi connectivity index (χ4n) is 2.50. The number of benzene rings is 1. The fraction of sp³-hybridized carbons (Fsp3) is 0.111. The number of hydrogen-bond donors (Lipinski definition) is 2. The molecule has 1 amide bonds. The van der Waals surface area contributed by atoms with Crippen molar-refractivity contribution in [2.24, 2.45) is 5.10 Å². The van der Waals surface area contributed by atoms with Gasteiger partial charge in [-0.3, -0.25) is 19.7 Å². The Bertz CT molecular complexity index is 1020. The summed E-state index contributed by atoms with van der Waals surface area (Å²) in [4.78, 5) is 28.6. The Morgan fingerprint density at radius 3 is 2.65 bits per heavy atom. The molecule has 0 bridgehead atoms. The summed E-state index contributed by atoms with van der Waals surface area (Å²) in [6.07, 6.45) is 2.98. The van der Waals surface area contributed by atoms with Crippen molar-refractivity contribution in [3.63, 3.8) is 0 Å². The van der Waals surface area contributed by atoms with Crippen LogP contribution in [0.5, 0.6) is 0 Å². The van der Waals surface area contributed by atoms with Crippen molar-refractivity contribution < 1.29 is 9.18 Å². The average Bonchev–Trinajstić information content (AvgIpc) is 2.95. The number of halogens is 1. The van der Waals surface area contributed by atoms with Gasteiger partial charge in [-0.1, -0.05) is 0 Å². The van der Waals surface area contributed by atoms with Gasteiger partial charge in [0.15, 0.2) is 0 Å². The molecule has 0 aliphatic carbocycles. The van der Waals surface area contributed by atoms with Gasteiger partial charge in [0.2, 0.25) is 0 Å². The molecule has 3 rings (SSSR count). The van der Waals surface area contributed by atoms with E-state index in [9.17, 15) is 14.0 Å². The highest BCUT2D eigenvalue weighted by Crippen LogP contribution is 2.09. The van der Waals surface area contributed by atoms with E-state index >= 15 is 0 Å². The van der Waals surface area contributed by atoms with E-state index in [2.05, 4.69) is 20.6 Å². The average molecular weight is 353 g/mol. The van der Waals surface area contributed by atoms with Crippen LogP contribution in [0.1, 0.15) is 28.5 Å². The topological polar surface area (TPSA) is 92.1 Å². The Hall–Kier alpha value is -3.55. The van der Waals surface area contributed by atoms with Crippen LogP contribution in [0.25, 0.3) is 5.69 Å². The summed E-state index contributed by atoms with van der Waals surface area (Å²) in [6.45, 7) is 3.34. The Balaban J connectivity index is 1.88. The van der Waals surface area contributed by atoms with Crippen molar-refractivity contribution in [3.8, 4) is 5.69 Å². The van der Waals surface area contributed by atoms with Gasteiger partial charge >= 0.3 is 0 Å². The first-order chi connectivity index (χ1) is 12.5. The van der Waals surface area contributed by atoms with Crippen LogP contribution in [0.4, 0.5) is 4.39 Å². The van der Waals surface area contributed by atoms with Gasteiger partial charge in [0.05, 0.1) is 22.5 Å². The van der Waals surface area contributed by atoms with Crippen molar-refractivity contribution in [2.45, 2.75) is 13.8 Å². The zero-order valence-electron chi connectivity index (χ0n) is 14.2. The van der Waals surface area contributed by atoms with E-state index in [4.69, 9.17) is 0 Å². The number of carbonyl (C=O) groups excluding carboxylic acids is 1. The minimum Gasteiger partial charge on any atom is -0.295 e. The number of aromatic amines is 1. The zero-order chi connectivity index (χ0) is 18.7. The summed E-state index contributed by atoms with van der Waals surface area (Å²) in [5.74, 6) is -0.814. The highest BCUT2D eigenvalue weighted by molar-refractivity contribution is 6.01. The first-order valence-corrected chi connectivity index (χ1v) is 7.80. The number of amides is 1. The molecule has 3 aromatic rings. The molecule has 0 spiro atoms. The molecule has 0 saturated carbocycles. The largest absolute Gasteiger partial charge is 0.295 e. The van der Waals surface area contributed by atoms with E-state index in [1.54, 1.807) is 32.2 Å². The van der Waals surface area contributed by atoms with Crippen molar-refractivity contribution in [2.75, 3.05) is 0 Å². The number of carbonyl (C=O) groups is 1. The maximum absolute atomic E-state index is 13.1. The second-order valence-corrected chi connectivity index (χ2v) is 5.61. The first-order valence-electron chi connectivity index (χ1n) is 7.80. The van der Waals surface area contributed by atoms with Crippen LogP contribution in [0.15, 0.2) is 58.7 Å². The molecule has 2 aromatic heterocycles. The number of aromatic nitrogens is 3. The molecule has 8 heteroatoms. The van der Waals surface area contributed by atoms with Gasteiger partial charge in [-0.2, -0.15) is 5.10 Å². The third-order valence-corrected chi connectivity index (χ3v) is 3.77. The monoisotopic (exact) mass is 353 g/mol. The van der Waals surface area contributed by atoms with Crippen molar-refractivity contribution in [3.05, 3.63) is 81.8 Å². The Morgan fingerprint density at radius 2 is 2.00 bits per heavy atom. The normalized spacial score (nSPS) is 11.4. The summed E-state index contributed by atoms with van der Waals surface area (Å²) in [5, 5.41) is 6.94. The molecule has 0 fully saturated rings. The van der Waals surface area contributed by atoms with Gasteiger partial charge in [-0.25, -0.2) is 14.5 Å². The van der Waals surface area contributed by atoms with Crippen LogP contribution in [-0.4, -0.2) is 26.4 Å². The maximum atomic E-state index is 13.1. The Kier molecular flexibility index (Phi) is 4.74. The number of aryl methyl sites for hydroxylation is 1. The number of hydrogen-bond acceptors (Lipinski definition) is 4. The van der Waals surface area contributed by atoms with E-state index in [-0.39, 0.29) is 11.4 Å². The lowest BCUT2D eigenvalue weighted by Gasteiger charge is -2.01. The number of nitrogens with zero attached hydrogens (tertiary/aromatic N) is 3. The summed E-state index contributed by atoms with van der Waals surface area (Å²) in [6, 6.07) is 8.78. The van der Waals surface area contributed by atoms with Crippen LogP contribution < -0.4 is 11.0 Å². The van der Waals surface area contributed by atoms with Gasteiger partial charge in [-0.05, 0) is 50.2 Å². The van der Waals surface area contributed by atoms with Gasteiger partial charge in [0.25, 0.3) is 11.5 Å². The van der Waals surface area contributed by atoms with Crippen molar-refractivity contribution >= 4 is 11.6 Å². The van der Waals surface area contributed by atoms with Crippen LogP contribution >= 0.6 is 0 Å². The van der Waals surface area contributed by atoms with Gasteiger partial charge in [0.1, 0.15) is 5.82 Å². The molecule has 0 unspecified atom stereocenters. The SMILES string of the molecule is C/C(=N\NC(=O)c1cccnc1)c1c(C)[nH]n(-c2ccc(F)cc2)c1=O. The number of rotatable bonds is 4. The molecule has 0 aliphatic heterocycles. The Morgan fingerprint density at radius 1 is 1.27 bits per heavy atom. The van der Waals surface area contributed by atoms with E-state index in [0.29, 0.717) is 28.2 Å². The second-order valence-electron chi connectivity index (χ2n) is 5.61. The van der Waals surface area contributed by atoms with Crippen LogP contribution in [0.2, 0.25) is 0 Å². The second kappa shape index (κ2) is 7.14. The Labute approximate surface area is 148 Å². The maximum Gasteiger partial charge on any atom is 0.280 e. The van der Waals surface area contributed by atoms with Crippen molar-refractivity contribution in [1.82, 2.24) is 20.2 Å². The first kappa shape index (κ1) is 17.3. The molecule has 1 aromatic carbocycles. The predicted molar refractivity (Wildman–Crippen MR) is 95.0 cm³/mol. The summed E-state index contributed by atoms with van der Waals surface area (Å²) in [7, 11) is 0. The van der Waals surface area contributed by atoms with E-state index in [1.807, 2.05) is 0 Å². The molecule has 0 radical (unpaired) electrons. The lowest BCUT2D eigenvalue weighted by atomic mass is 10.2. The van der Waals surface area contributed by atoms with E-state index in [1.165, 1.54) is 35.1 Å². The van der Waals surface area contributed by atoms with Gasteiger partial charge in [0, 0.05) is 18.1 Å². The summed E-state index contributed by atoms with van der Waals surface area (Å²) in [5.41, 5.74) is 4.18. The molecule has 132 valence electrons. The highest BCUT2D eigenvalue weighted by Gasteiger charge is 2.15. The number of pyridine rings is 1. The molecule has 7 nitrogen and oxygen atoms in total. The third kappa shape index (κ3) is 3.44. The number of nitrogens with one attached hydrogen (secondary N) is 2. The van der Waals surface area contributed by atoms with E-state index < -0.39 is 5.91 Å². The van der Waals surface area contributed by atoms with Gasteiger partial charge < -0.3 is 0 Å². The lowest BCUT2D eigenvalue weighted by Crippen LogP contribution is -2.23. The highest BCUT2D eigenvalue weighted by atomic mass is 19.1. The number of hydrazone groups is 1. The van der Waals surface area contributed by atoms with Crippen molar-refractivity contribution in [1.29, 1.82) is 0 Å². The molecule has 2 N–H and O–H groups in total. The molecular weight excluding hydrogens is 337 g/mol. The van der Waals surface area contributed by atoms with Crippen LogP contribution in [-0.2, 0) is 0 Å². The molecule has 0 saturated heterocycles. The van der Waals surface area contributed by atoms with Crippen LogP contribution in [0.3, 0.4) is 0 Å². The molecule has 2 heterocycles. The van der Waals surface area contributed by atoms with Gasteiger partial charge in [-0.15, -0.1) is 0 Å².